The van der Waals surface area contributed by atoms with Gasteiger partial charge in [0.25, 0.3) is 0 Å². The molecule has 1 aromatic rings. The molecule has 276 valence electrons. The van der Waals surface area contributed by atoms with Gasteiger partial charge in [0.2, 0.25) is 0 Å². The highest BCUT2D eigenvalue weighted by atomic mass is 16.5. The fourth-order valence-electron chi connectivity index (χ4n) is 12.5. The normalized spacial score (nSPS) is 37.1. The van der Waals surface area contributed by atoms with E-state index in [-0.39, 0.29) is 50.3 Å². The Balaban J connectivity index is 1.28. The monoisotopic (exact) mass is 689 g/mol. The number of allylic oxidation sites excluding steroid dienone is 1. The first-order chi connectivity index (χ1) is 23.3. The molecule has 0 aromatic heterocycles. The molecule has 6 rings (SSSR count). The van der Waals surface area contributed by atoms with Gasteiger partial charge in [-0.3, -0.25) is 4.79 Å². The molecule has 50 heavy (non-hydrogen) atoms. The quantitative estimate of drug-likeness (QED) is 0.165. The Morgan fingerprint density at radius 2 is 1.50 bits per heavy atom. The summed E-state index contributed by atoms with van der Waals surface area (Å²) < 4.78 is 12.4. The van der Waals surface area contributed by atoms with Crippen molar-refractivity contribution in [3.05, 3.63) is 46.5 Å². The highest BCUT2D eigenvalue weighted by Gasteiger charge is 2.68. The molecule has 0 saturated heterocycles. The summed E-state index contributed by atoms with van der Waals surface area (Å²) in [6.07, 6.45) is 11.5. The molecule has 5 aliphatic rings. The number of benzene rings is 1. The van der Waals surface area contributed by atoms with Gasteiger partial charge in [-0.1, -0.05) is 71.7 Å². The van der Waals surface area contributed by atoms with Gasteiger partial charge < -0.3 is 19.5 Å². The molecule has 7 atom stereocenters. The number of carboxylic acid groups (broad SMARTS) is 1. The largest absolute Gasteiger partial charge is 0.478 e. The van der Waals surface area contributed by atoms with Crippen molar-refractivity contribution in [2.75, 3.05) is 27.2 Å². The third-order valence-corrected chi connectivity index (χ3v) is 15.5. The number of rotatable bonds is 8. The number of carboxylic acids is 1. The average Bonchev–Trinajstić information content (AvgIpc) is 3.04. The van der Waals surface area contributed by atoms with Crippen LogP contribution in [0.2, 0.25) is 0 Å². The van der Waals surface area contributed by atoms with Crippen molar-refractivity contribution in [3.8, 4) is 0 Å². The number of carbonyl (C=O) groups excluding carboxylic acids is 2. The van der Waals surface area contributed by atoms with Crippen molar-refractivity contribution < 1.29 is 29.0 Å². The van der Waals surface area contributed by atoms with E-state index in [4.69, 9.17) is 9.47 Å². The summed E-state index contributed by atoms with van der Waals surface area (Å²) in [4.78, 5) is 41.6. The second kappa shape index (κ2) is 12.8. The molecule has 1 aromatic carbocycles. The predicted octanol–water partition coefficient (Wildman–Crippen LogP) is 9.35. The lowest BCUT2D eigenvalue weighted by Crippen LogP contribution is -2.64. The van der Waals surface area contributed by atoms with Crippen LogP contribution in [0.25, 0.3) is 0 Å². The molecule has 0 bridgehead atoms. The lowest BCUT2D eigenvalue weighted by atomic mass is 9.34. The van der Waals surface area contributed by atoms with E-state index >= 15 is 0 Å². The topological polar surface area (TPSA) is 93.1 Å². The van der Waals surface area contributed by atoms with Gasteiger partial charge in [-0.25, -0.2) is 9.59 Å². The Kier molecular flexibility index (Phi) is 9.48. The smallest absolute Gasteiger partial charge is 0.339 e. The van der Waals surface area contributed by atoms with E-state index in [9.17, 15) is 19.5 Å². The van der Waals surface area contributed by atoms with Crippen LogP contribution in [0.4, 0.5) is 0 Å². The summed E-state index contributed by atoms with van der Waals surface area (Å²) >= 11 is 0. The Hall–Kier alpha value is -2.67. The minimum absolute atomic E-state index is 0.0137. The standard InChI is InChI=1S/C43H63NO6/c1-38(2)21-23-43(37(48)49-26-12-25-44(8)9)24-22-41(6)30(31(43)27-38)15-16-33-40(5)19-18-34(39(3,4)32(40)17-20-42(33,41)7)50-36(47)29-14-11-10-13-28(29)35(45)46/h10-11,13-14,32-34H,12,15-27H2,1-9H3,(H,45,46)/t32-,33+,34-,40-,41+,42+,43-/m0/s1. The third kappa shape index (κ3) is 5.76. The van der Waals surface area contributed by atoms with Gasteiger partial charge in [-0.2, -0.15) is 0 Å². The van der Waals surface area contributed by atoms with Crippen LogP contribution < -0.4 is 0 Å². The van der Waals surface area contributed by atoms with Crippen LogP contribution in [0.3, 0.4) is 0 Å². The van der Waals surface area contributed by atoms with Crippen molar-refractivity contribution in [2.24, 2.45) is 44.3 Å². The second-order valence-corrected chi connectivity index (χ2v) is 19.2. The molecule has 4 saturated carbocycles. The zero-order valence-corrected chi connectivity index (χ0v) is 32.4. The summed E-state index contributed by atoms with van der Waals surface area (Å²) in [5.41, 5.74) is 2.77. The van der Waals surface area contributed by atoms with Crippen LogP contribution in [0.5, 0.6) is 0 Å². The fourth-order valence-corrected chi connectivity index (χ4v) is 12.5. The van der Waals surface area contributed by atoms with Gasteiger partial charge >= 0.3 is 17.9 Å². The molecule has 0 heterocycles. The second-order valence-electron chi connectivity index (χ2n) is 19.2. The molecule has 7 heteroatoms. The summed E-state index contributed by atoms with van der Waals surface area (Å²) in [5.74, 6) is -0.730. The number of hydrogen-bond acceptors (Lipinski definition) is 6. The highest BCUT2D eigenvalue weighted by Crippen LogP contribution is 2.75. The third-order valence-electron chi connectivity index (χ3n) is 15.5. The maximum Gasteiger partial charge on any atom is 0.339 e. The van der Waals surface area contributed by atoms with Crippen LogP contribution >= 0.6 is 0 Å². The molecule has 0 unspecified atom stereocenters. The zero-order valence-electron chi connectivity index (χ0n) is 32.4. The van der Waals surface area contributed by atoms with E-state index in [1.807, 2.05) is 0 Å². The zero-order chi connectivity index (χ0) is 36.5. The summed E-state index contributed by atoms with van der Waals surface area (Å²) in [6.45, 7) is 18.4. The van der Waals surface area contributed by atoms with Crippen molar-refractivity contribution >= 4 is 17.9 Å². The first kappa shape index (κ1) is 37.1. The lowest BCUT2D eigenvalue weighted by molar-refractivity contribution is -0.205. The van der Waals surface area contributed by atoms with Crippen molar-refractivity contribution in [3.63, 3.8) is 0 Å². The first-order valence-corrected chi connectivity index (χ1v) is 19.4. The Labute approximate surface area is 300 Å². The fraction of sp³-hybridized carbons (Fsp3) is 0.744. The predicted molar refractivity (Wildman–Crippen MR) is 196 cm³/mol. The molecule has 4 fully saturated rings. The highest BCUT2D eigenvalue weighted by molar-refractivity contribution is 6.02. The van der Waals surface area contributed by atoms with E-state index in [2.05, 4.69) is 67.5 Å². The van der Waals surface area contributed by atoms with Crippen LogP contribution in [-0.4, -0.2) is 61.3 Å². The molecule has 1 N–H and O–H groups in total. The van der Waals surface area contributed by atoms with Crippen LogP contribution in [0.1, 0.15) is 146 Å². The number of carbonyl (C=O) groups is 3. The molecular formula is C43H63NO6. The molecule has 0 aliphatic heterocycles. The van der Waals surface area contributed by atoms with Gasteiger partial charge in [-0.05, 0) is 137 Å². The molecule has 7 nitrogen and oxygen atoms in total. The SMILES string of the molecule is CN(C)CCCOC(=O)[C@]12CCC(C)(C)CC1=C1CC[C@@H]3[C@@]4(C)CC[C@H](OC(=O)c5ccccc5C(=O)O)C(C)(C)[C@@H]4CC[C@@]3(C)[C@]1(C)CC2. The van der Waals surface area contributed by atoms with Crippen molar-refractivity contribution in [1.29, 1.82) is 0 Å². The minimum Gasteiger partial charge on any atom is -0.478 e. The number of aromatic carboxylic acids is 1. The van der Waals surface area contributed by atoms with Gasteiger partial charge in [0.1, 0.15) is 6.10 Å². The lowest BCUT2D eigenvalue weighted by Gasteiger charge is -2.71. The van der Waals surface area contributed by atoms with Crippen molar-refractivity contribution in [1.82, 2.24) is 4.90 Å². The molecular weight excluding hydrogens is 626 g/mol. The van der Waals surface area contributed by atoms with Gasteiger partial charge in [0, 0.05) is 12.0 Å². The van der Waals surface area contributed by atoms with E-state index in [0.29, 0.717) is 18.4 Å². The molecule has 5 aliphatic carbocycles. The summed E-state index contributed by atoms with van der Waals surface area (Å²) in [6, 6.07) is 6.36. The maximum atomic E-state index is 14.2. The Morgan fingerprint density at radius 1 is 0.820 bits per heavy atom. The number of fused-ring (bicyclic) bond motifs is 6. The van der Waals surface area contributed by atoms with Crippen LogP contribution in [-0.2, 0) is 14.3 Å². The van der Waals surface area contributed by atoms with Crippen LogP contribution in [0, 0.1) is 44.3 Å². The molecule has 0 radical (unpaired) electrons. The number of nitrogens with zero attached hydrogens (tertiary/aromatic N) is 1. The van der Waals surface area contributed by atoms with Gasteiger partial charge in [-0.15, -0.1) is 0 Å². The number of hydrogen-bond donors (Lipinski definition) is 1. The maximum absolute atomic E-state index is 14.2. The van der Waals surface area contributed by atoms with Gasteiger partial charge in [0.15, 0.2) is 0 Å². The van der Waals surface area contributed by atoms with E-state index < -0.39 is 17.4 Å². The van der Waals surface area contributed by atoms with Crippen molar-refractivity contribution in [2.45, 2.75) is 132 Å². The molecule has 0 spiro atoms. The molecule has 0 amide bonds. The number of ether oxygens (including phenoxy) is 2. The summed E-state index contributed by atoms with van der Waals surface area (Å²) in [5, 5.41) is 9.70. The van der Waals surface area contributed by atoms with Crippen LogP contribution in [0.15, 0.2) is 35.4 Å². The van der Waals surface area contributed by atoms with E-state index in [1.165, 1.54) is 11.6 Å². The Bertz CT molecular complexity index is 1560. The summed E-state index contributed by atoms with van der Waals surface area (Å²) in [7, 11) is 4.12. The Morgan fingerprint density at radius 3 is 2.18 bits per heavy atom. The van der Waals surface area contributed by atoms with Gasteiger partial charge in [0.05, 0.1) is 23.1 Å². The van der Waals surface area contributed by atoms with E-state index in [1.54, 1.807) is 23.8 Å². The van der Waals surface area contributed by atoms with E-state index in [0.717, 1.165) is 83.6 Å². The average molecular weight is 690 g/mol. The first-order valence-electron chi connectivity index (χ1n) is 19.4. The minimum atomic E-state index is -1.12. The number of esters is 2.